The molecule has 88 valence electrons. The monoisotopic (exact) mass is 212 g/mol. The van der Waals surface area contributed by atoms with Crippen LogP contribution in [0.3, 0.4) is 0 Å². The zero-order chi connectivity index (χ0) is 11.3. The molecule has 0 saturated heterocycles. The van der Waals surface area contributed by atoms with Gasteiger partial charge in [0.2, 0.25) is 5.91 Å². The van der Waals surface area contributed by atoms with E-state index >= 15 is 0 Å². The second kappa shape index (κ2) is 6.11. The minimum Gasteiger partial charge on any atom is -0.355 e. The number of rotatable bonds is 7. The van der Waals surface area contributed by atoms with Crippen molar-refractivity contribution in [3.8, 4) is 0 Å². The Balaban J connectivity index is 2.00. The summed E-state index contributed by atoms with van der Waals surface area (Å²) in [7, 11) is 0. The predicted octanol–water partition coefficient (Wildman–Crippen LogP) is 1.67. The molecule has 1 amide bonds. The molecule has 1 fully saturated rings. The molecule has 0 aromatic carbocycles. The van der Waals surface area contributed by atoms with Crippen LogP contribution < -0.4 is 11.1 Å². The average Bonchev–Trinajstić information content (AvgIpc) is 2.94. The highest BCUT2D eigenvalue weighted by Gasteiger charge is 2.20. The van der Waals surface area contributed by atoms with Crippen molar-refractivity contribution in [1.82, 2.24) is 5.32 Å². The summed E-state index contributed by atoms with van der Waals surface area (Å²) in [4.78, 5) is 11.5. The van der Waals surface area contributed by atoms with Crippen LogP contribution in [0.15, 0.2) is 0 Å². The van der Waals surface area contributed by atoms with Crippen molar-refractivity contribution in [3.05, 3.63) is 0 Å². The van der Waals surface area contributed by atoms with Crippen LogP contribution in [0.2, 0.25) is 0 Å². The maximum atomic E-state index is 11.5. The van der Waals surface area contributed by atoms with Gasteiger partial charge >= 0.3 is 0 Å². The van der Waals surface area contributed by atoms with Gasteiger partial charge in [-0.3, -0.25) is 4.79 Å². The van der Waals surface area contributed by atoms with Gasteiger partial charge in [-0.15, -0.1) is 0 Å². The Bertz CT molecular complexity index is 200. The number of amides is 1. The first-order valence-electron chi connectivity index (χ1n) is 6.13. The van der Waals surface area contributed by atoms with E-state index in [2.05, 4.69) is 19.2 Å². The van der Waals surface area contributed by atoms with Gasteiger partial charge in [0.1, 0.15) is 0 Å². The number of carbonyl (C=O) groups excluding carboxylic acids is 1. The van der Waals surface area contributed by atoms with Crippen molar-refractivity contribution < 1.29 is 4.79 Å². The topological polar surface area (TPSA) is 55.1 Å². The Morgan fingerprint density at radius 1 is 1.47 bits per heavy atom. The third-order valence-electron chi connectivity index (χ3n) is 2.85. The Kier molecular flexibility index (Phi) is 5.09. The van der Waals surface area contributed by atoms with Gasteiger partial charge in [-0.2, -0.15) is 0 Å². The molecule has 0 bridgehead atoms. The van der Waals surface area contributed by atoms with Crippen LogP contribution in [-0.2, 0) is 4.79 Å². The maximum absolute atomic E-state index is 11.5. The Hall–Kier alpha value is -0.570. The van der Waals surface area contributed by atoms with Gasteiger partial charge in [-0.1, -0.05) is 26.7 Å². The van der Waals surface area contributed by atoms with Crippen molar-refractivity contribution >= 4 is 5.91 Å². The summed E-state index contributed by atoms with van der Waals surface area (Å²) in [5.74, 6) is 1.45. The van der Waals surface area contributed by atoms with Crippen molar-refractivity contribution in [2.45, 2.75) is 52.0 Å². The average molecular weight is 212 g/mol. The van der Waals surface area contributed by atoms with Crippen LogP contribution in [0.1, 0.15) is 46.0 Å². The molecular formula is C12H24N2O. The third-order valence-corrected chi connectivity index (χ3v) is 2.85. The number of nitrogens with one attached hydrogen (secondary N) is 1. The van der Waals surface area contributed by atoms with Gasteiger partial charge in [-0.25, -0.2) is 0 Å². The molecule has 0 radical (unpaired) electrons. The first-order valence-corrected chi connectivity index (χ1v) is 6.13. The summed E-state index contributed by atoms with van der Waals surface area (Å²) in [5, 5.41) is 2.91. The van der Waals surface area contributed by atoms with E-state index in [9.17, 15) is 4.79 Å². The quantitative estimate of drug-likeness (QED) is 0.631. The molecule has 3 N–H and O–H groups in total. The predicted molar refractivity (Wildman–Crippen MR) is 62.4 cm³/mol. The number of nitrogens with two attached hydrogens (primary N) is 1. The van der Waals surface area contributed by atoms with E-state index in [0.717, 1.165) is 25.3 Å². The van der Waals surface area contributed by atoms with E-state index in [1.165, 1.54) is 19.3 Å². The van der Waals surface area contributed by atoms with Crippen molar-refractivity contribution in [1.29, 1.82) is 0 Å². The van der Waals surface area contributed by atoms with Crippen LogP contribution in [0.4, 0.5) is 0 Å². The maximum Gasteiger partial charge on any atom is 0.236 e. The zero-order valence-corrected chi connectivity index (χ0v) is 9.96. The van der Waals surface area contributed by atoms with Crippen LogP contribution in [0.5, 0.6) is 0 Å². The standard InChI is InChI=1S/C12H24N2O/c1-9(2)8-11(13)12(15)14-7-3-4-10-5-6-10/h9-11H,3-8,13H2,1-2H3,(H,14,15). The molecule has 1 aliphatic rings. The summed E-state index contributed by atoms with van der Waals surface area (Å²) in [6, 6.07) is -0.328. The lowest BCUT2D eigenvalue weighted by molar-refractivity contribution is -0.122. The second-order valence-electron chi connectivity index (χ2n) is 5.11. The summed E-state index contributed by atoms with van der Waals surface area (Å²) >= 11 is 0. The fraction of sp³-hybridized carbons (Fsp3) is 0.917. The molecule has 0 aromatic rings. The van der Waals surface area contributed by atoms with Crippen molar-refractivity contribution in [3.63, 3.8) is 0 Å². The first-order chi connectivity index (χ1) is 7.09. The van der Waals surface area contributed by atoms with Gasteiger partial charge in [-0.05, 0) is 31.1 Å². The number of carbonyl (C=O) groups is 1. The van der Waals surface area contributed by atoms with Crippen LogP contribution in [0.25, 0.3) is 0 Å². The molecule has 1 aliphatic carbocycles. The van der Waals surface area contributed by atoms with Gasteiger partial charge < -0.3 is 11.1 Å². The SMILES string of the molecule is CC(C)CC(N)C(=O)NCCCC1CC1. The molecule has 0 spiro atoms. The van der Waals surface area contributed by atoms with E-state index < -0.39 is 0 Å². The normalized spacial score (nSPS) is 17.9. The molecule has 0 aliphatic heterocycles. The number of hydrogen-bond acceptors (Lipinski definition) is 2. The Morgan fingerprint density at radius 3 is 2.67 bits per heavy atom. The minimum absolute atomic E-state index is 0.0134. The molecule has 1 atom stereocenters. The van der Waals surface area contributed by atoms with Crippen molar-refractivity contribution in [2.75, 3.05) is 6.54 Å². The second-order valence-corrected chi connectivity index (χ2v) is 5.11. The zero-order valence-electron chi connectivity index (χ0n) is 9.96. The van der Waals surface area contributed by atoms with Gasteiger partial charge in [0, 0.05) is 6.54 Å². The van der Waals surface area contributed by atoms with Crippen LogP contribution in [-0.4, -0.2) is 18.5 Å². The van der Waals surface area contributed by atoms with E-state index in [1.807, 2.05) is 0 Å². The molecule has 1 rings (SSSR count). The molecule has 0 aromatic heterocycles. The molecule has 1 saturated carbocycles. The molecule has 15 heavy (non-hydrogen) atoms. The molecule has 3 heteroatoms. The smallest absolute Gasteiger partial charge is 0.236 e. The largest absolute Gasteiger partial charge is 0.355 e. The van der Waals surface area contributed by atoms with E-state index in [1.54, 1.807) is 0 Å². The lowest BCUT2D eigenvalue weighted by Crippen LogP contribution is -2.41. The lowest BCUT2D eigenvalue weighted by atomic mass is 10.0. The third kappa shape index (κ3) is 5.78. The Labute approximate surface area is 92.8 Å². The van der Waals surface area contributed by atoms with E-state index in [-0.39, 0.29) is 11.9 Å². The molecule has 1 unspecified atom stereocenters. The van der Waals surface area contributed by atoms with Crippen LogP contribution >= 0.6 is 0 Å². The fourth-order valence-electron chi connectivity index (χ4n) is 1.75. The summed E-state index contributed by atoms with van der Waals surface area (Å²) in [6.45, 7) is 4.96. The molecular weight excluding hydrogens is 188 g/mol. The molecule has 0 heterocycles. The van der Waals surface area contributed by atoms with Gasteiger partial charge in [0.05, 0.1) is 6.04 Å². The van der Waals surface area contributed by atoms with Gasteiger partial charge in [0.15, 0.2) is 0 Å². The van der Waals surface area contributed by atoms with Crippen LogP contribution in [0, 0.1) is 11.8 Å². The highest BCUT2D eigenvalue weighted by atomic mass is 16.2. The van der Waals surface area contributed by atoms with E-state index in [4.69, 9.17) is 5.73 Å². The summed E-state index contributed by atoms with van der Waals surface area (Å²) in [6.07, 6.45) is 5.92. The molecule has 3 nitrogen and oxygen atoms in total. The highest BCUT2D eigenvalue weighted by molar-refractivity contribution is 5.81. The fourth-order valence-corrected chi connectivity index (χ4v) is 1.75. The van der Waals surface area contributed by atoms with E-state index in [0.29, 0.717) is 5.92 Å². The lowest BCUT2D eigenvalue weighted by Gasteiger charge is -2.13. The van der Waals surface area contributed by atoms with Gasteiger partial charge in [0.25, 0.3) is 0 Å². The summed E-state index contributed by atoms with van der Waals surface area (Å²) < 4.78 is 0. The Morgan fingerprint density at radius 2 is 2.13 bits per heavy atom. The minimum atomic E-state index is -0.328. The highest BCUT2D eigenvalue weighted by Crippen LogP contribution is 2.33. The number of hydrogen-bond donors (Lipinski definition) is 2. The first kappa shape index (κ1) is 12.5. The summed E-state index contributed by atoms with van der Waals surface area (Å²) in [5.41, 5.74) is 5.76. The van der Waals surface area contributed by atoms with Crippen molar-refractivity contribution in [2.24, 2.45) is 17.6 Å².